The fourth-order valence-corrected chi connectivity index (χ4v) is 1.86. The summed E-state index contributed by atoms with van der Waals surface area (Å²) in [6, 6.07) is 8.20. The van der Waals surface area contributed by atoms with Crippen molar-refractivity contribution in [2.24, 2.45) is 0 Å². The molecule has 0 amide bonds. The van der Waals surface area contributed by atoms with E-state index in [1.54, 1.807) is 0 Å². The van der Waals surface area contributed by atoms with Gasteiger partial charge in [-0.15, -0.1) is 11.6 Å². The first-order valence-corrected chi connectivity index (χ1v) is 6.94. The topological polar surface area (TPSA) is 38.9 Å². The van der Waals surface area contributed by atoms with E-state index in [4.69, 9.17) is 16.1 Å². The van der Waals surface area contributed by atoms with Crippen LogP contribution in [0.1, 0.15) is 50.9 Å². The van der Waals surface area contributed by atoms with E-state index >= 15 is 0 Å². The Morgan fingerprint density at radius 3 is 2.37 bits per heavy atom. The van der Waals surface area contributed by atoms with Gasteiger partial charge in [-0.3, -0.25) is 0 Å². The normalized spacial score (nSPS) is 13.5. The fraction of sp³-hybridized carbons (Fsp3) is 0.467. The highest BCUT2D eigenvalue weighted by Gasteiger charge is 2.16. The van der Waals surface area contributed by atoms with Gasteiger partial charge in [0.25, 0.3) is 5.89 Å². The molecule has 0 saturated heterocycles. The molecule has 0 N–H and O–H groups in total. The van der Waals surface area contributed by atoms with Crippen molar-refractivity contribution < 1.29 is 4.52 Å². The molecule has 1 atom stereocenters. The molecule has 0 spiro atoms. The molecule has 4 heteroatoms. The van der Waals surface area contributed by atoms with E-state index in [1.165, 1.54) is 5.56 Å². The Kier molecular flexibility index (Phi) is 3.95. The third-order valence-electron chi connectivity index (χ3n) is 3.08. The zero-order chi connectivity index (χ0) is 14.0. The zero-order valence-corrected chi connectivity index (χ0v) is 12.5. The van der Waals surface area contributed by atoms with Crippen LogP contribution in [0, 0.1) is 0 Å². The van der Waals surface area contributed by atoms with Gasteiger partial charge in [-0.05, 0) is 29.5 Å². The summed E-state index contributed by atoms with van der Waals surface area (Å²) in [6.45, 7) is 8.55. The molecule has 0 aliphatic heterocycles. The number of hydrogen-bond donors (Lipinski definition) is 0. The van der Waals surface area contributed by atoms with Crippen LogP contribution >= 0.6 is 11.6 Å². The van der Waals surface area contributed by atoms with Crippen LogP contribution < -0.4 is 0 Å². The Bertz CT molecular complexity index is 540. The van der Waals surface area contributed by atoms with Crippen molar-refractivity contribution in [2.45, 2.75) is 44.9 Å². The quantitative estimate of drug-likeness (QED) is 0.762. The molecular formula is C15H19ClN2O. The number of aromatic nitrogens is 2. The van der Waals surface area contributed by atoms with Crippen molar-refractivity contribution in [2.75, 3.05) is 0 Å². The van der Waals surface area contributed by atoms with Crippen LogP contribution in [0.5, 0.6) is 0 Å². The van der Waals surface area contributed by atoms with Crippen molar-refractivity contribution in [3.63, 3.8) is 0 Å². The van der Waals surface area contributed by atoms with E-state index < -0.39 is 0 Å². The number of hydrogen-bond acceptors (Lipinski definition) is 3. The maximum atomic E-state index is 6.09. The molecule has 0 aliphatic carbocycles. The Balaban J connectivity index is 2.25. The lowest BCUT2D eigenvalue weighted by atomic mass is 9.87. The monoisotopic (exact) mass is 278 g/mol. The number of rotatable bonds is 3. The van der Waals surface area contributed by atoms with E-state index in [1.807, 2.05) is 19.1 Å². The van der Waals surface area contributed by atoms with Gasteiger partial charge in [-0.1, -0.05) is 45.0 Å². The van der Waals surface area contributed by atoms with E-state index in [0.717, 1.165) is 12.0 Å². The molecule has 0 saturated carbocycles. The van der Waals surface area contributed by atoms with Crippen LogP contribution in [0.3, 0.4) is 0 Å². The third-order valence-corrected chi connectivity index (χ3v) is 3.58. The maximum absolute atomic E-state index is 6.09. The van der Waals surface area contributed by atoms with Crippen LogP contribution in [0.15, 0.2) is 28.8 Å². The molecule has 0 bridgehead atoms. The van der Waals surface area contributed by atoms with Crippen molar-refractivity contribution >= 4 is 11.6 Å². The largest absolute Gasteiger partial charge is 0.334 e. The smallest absolute Gasteiger partial charge is 0.257 e. The molecule has 1 aromatic heterocycles. The van der Waals surface area contributed by atoms with Gasteiger partial charge >= 0.3 is 0 Å². The molecule has 0 aliphatic rings. The van der Waals surface area contributed by atoms with E-state index in [9.17, 15) is 0 Å². The van der Waals surface area contributed by atoms with Gasteiger partial charge in [0.1, 0.15) is 0 Å². The second-order valence-electron chi connectivity index (χ2n) is 5.66. The van der Waals surface area contributed by atoms with Gasteiger partial charge in [0, 0.05) is 5.56 Å². The lowest BCUT2D eigenvalue weighted by Gasteiger charge is -2.18. The average molecular weight is 279 g/mol. The molecule has 2 aromatic rings. The second-order valence-corrected chi connectivity index (χ2v) is 6.19. The van der Waals surface area contributed by atoms with E-state index in [0.29, 0.717) is 11.7 Å². The summed E-state index contributed by atoms with van der Waals surface area (Å²) in [5, 5.41) is 3.73. The standard InChI is InChI=1S/C15H19ClN2O/c1-5-12(16)13-17-14(19-18-13)10-6-8-11(9-7-10)15(2,3)4/h6-9,12H,5H2,1-4H3. The van der Waals surface area contributed by atoms with Gasteiger partial charge in [0.2, 0.25) is 0 Å². The minimum Gasteiger partial charge on any atom is -0.334 e. The molecule has 2 rings (SSSR count). The summed E-state index contributed by atoms with van der Waals surface area (Å²) < 4.78 is 5.25. The van der Waals surface area contributed by atoms with Crippen LogP contribution in [-0.2, 0) is 5.41 Å². The Morgan fingerprint density at radius 1 is 1.21 bits per heavy atom. The highest BCUT2D eigenvalue weighted by Crippen LogP contribution is 2.27. The number of benzene rings is 1. The first-order valence-electron chi connectivity index (χ1n) is 6.50. The zero-order valence-electron chi connectivity index (χ0n) is 11.8. The van der Waals surface area contributed by atoms with Gasteiger partial charge in [-0.25, -0.2) is 0 Å². The van der Waals surface area contributed by atoms with Gasteiger partial charge in [-0.2, -0.15) is 4.98 Å². The van der Waals surface area contributed by atoms with Crippen molar-refractivity contribution in [3.8, 4) is 11.5 Å². The molecule has 3 nitrogen and oxygen atoms in total. The van der Waals surface area contributed by atoms with Crippen molar-refractivity contribution in [1.82, 2.24) is 10.1 Å². The SMILES string of the molecule is CCC(Cl)c1noc(-c2ccc(C(C)(C)C)cc2)n1. The minimum atomic E-state index is -0.189. The Labute approximate surface area is 119 Å². The summed E-state index contributed by atoms with van der Waals surface area (Å²) >= 11 is 6.09. The highest BCUT2D eigenvalue weighted by molar-refractivity contribution is 6.20. The highest BCUT2D eigenvalue weighted by atomic mass is 35.5. The lowest BCUT2D eigenvalue weighted by Crippen LogP contribution is -2.10. The molecule has 0 fully saturated rings. The third kappa shape index (κ3) is 3.16. The van der Waals surface area contributed by atoms with Crippen molar-refractivity contribution in [1.29, 1.82) is 0 Å². The number of alkyl halides is 1. The maximum Gasteiger partial charge on any atom is 0.257 e. The van der Waals surface area contributed by atoms with Crippen LogP contribution in [0.25, 0.3) is 11.5 Å². The summed E-state index contributed by atoms with van der Waals surface area (Å²) in [4.78, 5) is 4.33. The Morgan fingerprint density at radius 2 is 1.84 bits per heavy atom. The molecular weight excluding hydrogens is 260 g/mol. The number of nitrogens with zero attached hydrogens (tertiary/aromatic N) is 2. The summed E-state index contributed by atoms with van der Waals surface area (Å²) in [6.07, 6.45) is 0.781. The van der Waals surface area contributed by atoms with Gasteiger partial charge in [0.15, 0.2) is 5.82 Å². The molecule has 0 radical (unpaired) electrons. The second kappa shape index (κ2) is 5.33. The van der Waals surface area contributed by atoms with Crippen LogP contribution in [0.4, 0.5) is 0 Å². The molecule has 19 heavy (non-hydrogen) atoms. The van der Waals surface area contributed by atoms with Gasteiger partial charge < -0.3 is 4.52 Å². The molecule has 102 valence electrons. The predicted molar refractivity (Wildman–Crippen MR) is 77.3 cm³/mol. The summed E-state index contributed by atoms with van der Waals surface area (Å²) in [7, 11) is 0. The van der Waals surface area contributed by atoms with E-state index in [-0.39, 0.29) is 10.8 Å². The fourth-order valence-electron chi connectivity index (χ4n) is 1.77. The first kappa shape index (κ1) is 14.1. The molecule has 1 unspecified atom stereocenters. The van der Waals surface area contributed by atoms with Gasteiger partial charge in [0.05, 0.1) is 5.38 Å². The number of halogens is 1. The first-order chi connectivity index (χ1) is 8.91. The lowest BCUT2D eigenvalue weighted by molar-refractivity contribution is 0.421. The molecule has 1 aromatic carbocycles. The van der Waals surface area contributed by atoms with Crippen LogP contribution in [0.2, 0.25) is 0 Å². The Hall–Kier alpha value is -1.35. The van der Waals surface area contributed by atoms with Crippen molar-refractivity contribution in [3.05, 3.63) is 35.7 Å². The average Bonchev–Trinajstić information content (AvgIpc) is 2.86. The molecule has 1 heterocycles. The predicted octanol–water partition coefficient (Wildman–Crippen LogP) is 4.72. The summed E-state index contributed by atoms with van der Waals surface area (Å²) in [5.41, 5.74) is 2.34. The minimum absolute atomic E-state index is 0.141. The summed E-state index contributed by atoms with van der Waals surface area (Å²) in [5.74, 6) is 1.08. The van der Waals surface area contributed by atoms with E-state index in [2.05, 4.69) is 43.0 Å². The van der Waals surface area contributed by atoms with Crippen LogP contribution in [-0.4, -0.2) is 10.1 Å².